The van der Waals surface area contributed by atoms with Gasteiger partial charge < -0.3 is 10.2 Å². The minimum atomic E-state index is -0.732. The van der Waals surface area contributed by atoms with Crippen LogP contribution >= 0.6 is 0 Å². The van der Waals surface area contributed by atoms with Crippen molar-refractivity contribution in [2.45, 2.75) is 97.7 Å². The summed E-state index contributed by atoms with van der Waals surface area (Å²) in [6, 6.07) is 0. The topological polar surface area (TPSA) is 40.5 Å². The van der Waals surface area contributed by atoms with E-state index < -0.39 is 5.60 Å². The molecule has 3 saturated carbocycles. The summed E-state index contributed by atoms with van der Waals surface area (Å²) < 4.78 is 0. The van der Waals surface area contributed by atoms with Gasteiger partial charge in [-0.2, -0.15) is 0 Å². The highest BCUT2D eigenvalue weighted by molar-refractivity contribution is 5.36. The van der Waals surface area contributed by atoms with Crippen LogP contribution in [0, 0.1) is 29.1 Å². The van der Waals surface area contributed by atoms with Gasteiger partial charge in [0.1, 0.15) is 0 Å². The molecule has 0 bridgehead atoms. The molecule has 2 heteroatoms. The number of hydrogen-bond acceptors (Lipinski definition) is 2. The van der Waals surface area contributed by atoms with Gasteiger partial charge in [-0.05, 0) is 93.0 Å². The zero-order chi connectivity index (χ0) is 22.1. The quantitative estimate of drug-likeness (QED) is 0.490. The molecule has 0 spiro atoms. The maximum Gasteiger partial charge on any atom is 0.0822 e. The van der Waals surface area contributed by atoms with E-state index >= 15 is 0 Å². The smallest absolute Gasteiger partial charge is 0.0822 e. The molecule has 0 aromatic rings. The molecule has 3 aliphatic rings. The average Bonchev–Trinajstić information content (AvgIpc) is 3.04. The monoisotopic (exact) mass is 412 g/mol. The summed E-state index contributed by atoms with van der Waals surface area (Å²) in [6.45, 7) is 15.2. The minimum absolute atomic E-state index is 0.205. The van der Waals surface area contributed by atoms with E-state index in [0.717, 1.165) is 19.3 Å². The largest absolute Gasteiger partial charge is 0.393 e. The van der Waals surface area contributed by atoms with Crippen molar-refractivity contribution in [3.63, 3.8) is 0 Å². The number of aliphatic hydroxyl groups excluding tert-OH is 1. The van der Waals surface area contributed by atoms with Crippen LogP contribution in [0.5, 0.6) is 0 Å². The summed E-state index contributed by atoms with van der Waals surface area (Å²) in [5, 5.41) is 20.7. The zero-order valence-electron chi connectivity index (χ0n) is 20.0. The van der Waals surface area contributed by atoms with Crippen molar-refractivity contribution in [3.8, 4) is 0 Å². The molecule has 3 fully saturated rings. The minimum Gasteiger partial charge on any atom is -0.393 e. The maximum absolute atomic E-state index is 10.6. The molecule has 0 radical (unpaired) electrons. The van der Waals surface area contributed by atoms with E-state index in [1.807, 2.05) is 13.0 Å². The fourth-order valence-electron chi connectivity index (χ4n) is 6.21. The third-order valence-electron chi connectivity index (χ3n) is 8.77. The van der Waals surface area contributed by atoms with Gasteiger partial charge in [0, 0.05) is 0 Å². The van der Waals surface area contributed by atoms with E-state index in [0.29, 0.717) is 23.2 Å². The lowest BCUT2D eigenvalue weighted by molar-refractivity contribution is 0.0607. The van der Waals surface area contributed by atoms with E-state index in [4.69, 9.17) is 0 Å². The van der Waals surface area contributed by atoms with E-state index in [1.165, 1.54) is 43.3 Å². The lowest BCUT2D eigenvalue weighted by Gasteiger charge is -2.44. The van der Waals surface area contributed by atoms with Gasteiger partial charge in [-0.1, -0.05) is 69.7 Å². The van der Waals surface area contributed by atoms with E-state index in [1.54, 1.807) is 5.57 Å². The zero-order valence-corrected chi connectivity index (χ0v) is 20.0. The van der Waals surface area contributed by atoms with Crippen molar-refractivity contribution in [2.24, 2.45) is 29.1 Å². The van der Waals surface area contributed by atoms with Crippen LogP contribution in [0.3, 0.4) is 0 Å². The molecular weight excluding hydrogens is 368 g/mol. The lowest BCUT2D eigenvalue weighted by Crippen LogP contribution is -2.36. The van der Waals surface area contributed by atoms with Crippen molar-refractivity contribution in [3.05, 3.63) is 47.6 Å². The first-order valence-corrected chi connectivity index (χ1v) is 12.2. The molecule has 0 aromatic heterocycles. The third kappa shape index (κ3) is 4.86. The Balaban J connectivity index is 1.76. The Kier molecular flexibility index (Phi) is 7.19. The Labute approximate surface area is 184 Å². The molecule has 6 atom stereocenters. The lowest BCUT2D eigenvalue weighted by atomic mass is 9.61. The first-order chi connectivity index (χ1) is 14.0. The maximum atomic E-state index is 10.6. The van der Waals surface area contributed by atoms with Crippen molar-refractivity contribution >= 4 is 0 Å². The molecule has 2 N–H and O–H groups in total. The Bertz CT molecular complexity index is 723. The van der Waals surface area contributed by atoms with Gasteiger partial charge in [0.15, 0.2) is 0 Å². The molecule has 0 amide bonds. The van der Waals surface area contributed by atoms with Gasteiger partial charge >= 0.3 is 0 Å². The van der Waals surface area contributed by atoms with Gasteiger partial charge in [0.2, 0.25) is 0 Å². The van der Waals surface area contributed by atoms with Gasteiger partial charge in [0.25, 0.3) is 0 Å². The Hall–Kier alpha value is -1.12. The van der Waals surface area contributed by atoms with Crippen LogP contribution in [0.2, 0.25) is 0 Å². The SMILES string of the molecule is C=C1CC[C@H](O)CC1=CC=C1CCC[C@@]2(C)[C@@H]1CC[C@@H]2[C@H](C)/C=C/[C@@](C)(O)C(C)C. The second-order valence-electron chi connectivity index (χ2n) is 11.1. The number of hydrogen-bond donors (Lipinski definition) is 2. The summed E-state index contributed by atoms with van der Waals surface area (Å²) in [4.78, 5) is 0. The number of aliphatic hydroxyl groups is 2. The number of allylic oxidation sites excluding steroid dienone is 5. The standard InChI is InChI=1S/C28H44O2/c1-19(2)28(6,30)17-15-21(4)25-13-14-26-22(8-7-16-27(25,26)5)10-11-23-18-24(29)12-9-20(23)3/h10-11,15,17,19,21,24-26,29-30H,3,7-9,12-14,16,18H2,1-2,4-6H3/b17-15+,22-10?,23-11?/t21-,24+,25-,26-,27-,28-/m1/s1. The predicted octanol–water partition coefficient (Wildman–Crippen LogP) is 6.76. The van der Waals surface area contributed by atoms with Crippen molar-refractivity contribution in [1.82, 2.24) is 0 Å². The number of rotatable bonds is 5. The normalized spacial score (nSPS) is 38.4. The molecule has 30 heavy (non-hydrogen) atoms. The van der Waals surface area contributed by atoms with Crippen LogP contribution in [-0.4, -0.2) is 21.9 Å². The van der Waals surface area contributed by atoms with Crippen LogP contribution in [0.25, 0.3) is 0 Å². The molecule has 2 nitrogen and oxygen atoms in total. The van der Waals surface area contributed by atoms with Crippen LogP contribution < -0.4 is 0 Å². The Morgan fingerprint density at radius 3 is 2.57 bits per heavy atom. The number of fused-ring (bicyclic) bond motifs is 1. The highest BCUT2D eigenvalue weighted by Gasteiger charge is 2.50. The molecular formula is C28H44O2. The highest BCUT2D eigenvalue weighted by atomic mass is 16.3. The average molecular weight is 413 g/mol. The van der Waals surface area contributed by atoms with Crippen LogP contribution in [0.15, 0.2) is 47.6 Å². The van der Waals surface area contributed by atoms with Crippen molar-refractivity contribution in [2.75, 3.05) is 0 Å². The summed E-state index contributed by atoms with van der Waals surface area (Å²) in [7, 11) is 0. The van der Waals surface area contributed by atoms with Crippen molar-refractivity contribution in [1.29, 1.82) is 0 Å². The first kappa shape index (κ1) is 23.5. The van der Waals surface area contributed by atoms with E-state index in [-0.39, 0.29) is 12.0 Å². The summed E-state index contributed by atoms with van der Waals surface area (Å²) in [5.74, 6) is 2.04. The van der Waals surface area contributed by atoms with E-state index in [9.17, 15) is 10.2 Å². The van der Waals surface area contributed by atoms with Gasteiger partial charge in [-0.3, -0.25) is 0 Å². The molecule has 0 aromatic carbocycles. The first-order valence-electron chi connectivity index (χ1n) is 12.2. The summed E-state index contributed by atoms with van der Waals surface area (Å²) in [5.41, 5.74) is 3.67. The molecule has 0 aliphatic heterocycles. The molecule has 0 unspecified atom stereocenters. The molecule has 168 valence electrons. The third-order valence-corrected chi connectivity index (χ3v) is 8.77. The summed E-state index contributed by atoms with van der Waals surface area (Å²) in [6.07, 6.45) is 17.6. The van der Waals surface area contributed by atoms with Gasteiger partial charge in [-0.15, -0.1) is 0 Å². The Morgan fingerprint density at radius 1 is 1.13 bits per heavy atom. The second kappa shape index (κ2) is 9.17. The highest BCUT2D eigenvalue weighted by Crippen LogP contribution is 2.59. The molecule has 3 aliphatic carbocycles. The molecule has 3 rings (SSSR count). The van der Waals surface area contributed by atoms with Crippen LogP contribution in [0.1, 0.15) is 86.0 Å². The van der Waals surface area contributed by atoms with Gasteiger partial charge in [-0.25, -0.2) is 0 Å². The Morgan fingerprint density at radius 2 is 1.87 bits per heavy atom. The second-order valence-corrected chi connectivity index (χ2v) is 11.1. The predicted molar refractivity (Wildman–Crippen MR) is 127 cm³/mol. The summed E-state index contributed by atoms with van der Waals surface area (Å²) >= 11 is 0. The fraction of sp³-hybridized carbons (Fsp3) is 0.714. The van der Waals surface area contributed by atoms with Gasteiger partial charge in [0.05, 0.1) is 11.7 Å². The fourth-order valence-corrected chi connectivity index (χ4v) is 6.21. The van der Waals surface area contributed by atoms with Crippen molar-refractivity contribution < 1.29 is 10.2 Å². The van der Waals surface area contributed by atoms with Crippen LogP contribution in [0.4, 0.5) is 0 Å². The molecule has 0 saturated heterocycles. The molecule has 0 heterocycles. The van der Waals surface area contributed by atoms with E-state index in [2.05, 4.69) is 52.5 Å². The van der Waals surface area contributed by atoms with Crippen LogP contribution in [-0.2, 0) is 0 Å².